The monoisotopic (exact) mass is 382 g/mol. The average molecular weight is 382 g/mol. The van der Waals surface area contributed by atoms with Gasteiger partial charge in [0, 0.05) is 31.7 Å². The van der Waals surface area contributed by atoms with Crippen molar-refractivity contribution in [2.24, 2.45) is 5.92 Å². The number of ether oxygens (including phenoxy) is 1. The Kier molecular flexibility index (Phi) is 5.88. The molecule has 6 heteroatoms. The highest BCUT2D eigenvalue weighted by atomic mass is 16.8. The second-order valence-electron chi connectivity index (χ2n) is 7.50. The molecule has 0 bridgehead atoms. The Hall–Kier alpha value is -2.44. The number of hydrogen-bond acceptors (Lipinski definition) is 4. The fraction of sp³-hybridized carbons (Fsp3) is 0.455. The molecule has 6 nitrogen and oxygen atoms in total. The van der Waals surface area contributed by atoms with Gasteiger partial charge in [0.15, 0.2) is 6.29 Å². The smallest absolute Gasteiger partial charge is 0.254 e. The average Bonchev–Trinajstić information content (AvgIpc) is 2.77. The third-order valence-corrected chi connectivity index (χ3v) is 5.53. The number of amides is 2. The predicted octanol–water partition coefficient (Wildman–Crippen LogP) is 3.27. The Bertz CT molecular complexity index is 842. The van der Waals surface area contributed by atoms with Crippen molar-refractivity contribution in [3.8, 4) is 0 Å². The van der Waals surface area contributed by atoms with Crippen molar-refractivity contribution in [2.45, 2.75) is 38.4 Å². The van der Waals surface area contributed by atoms with Gasteiger partial charge in [0.05, 0.1) is 5.92 Å². The van der Waals surface area contributed by atoms with Crippen LogP contribution in [0.25, 0.3) is 10.8 Å². The molecule has 2 heterocycles. The number of rotatable bonds is 4. The number of carbonyl (C=O) groups excluding carboxylic acids is 2. The van der Waals surface area contributed by atoms with Crippen LogP contribution in [-0.4, -0.2) is 42.7 Å². The van der Waals surface area contributed by atoms with E-state index in [0.29, 0.717) is 25.3 Å². The zero-order valence-corrected chi connectivity index (χ0v) is 15.9. The van der Waals surface area contributed by atoms with Crippen molar-refractivity contribution in [3.05, 3.63) is 48.0 Å². The molecule has 0 radical (unpaired) electrons. The highest BCUT2D eigenvalue weighted by Crippen LogP contribution is 2.24. The van der Waals surface area contributed by atoms with E-state index in [-0.39, 0.29) is 24.0 Å². The second kappa shape index (κ2) is 8.71. The summed E-state index contributed by atoms with van der Waals surface area (Å²) in [5.74, 6) is -0.466. The number of likely N-dealkylation sites (tertiary alicyclic amines) is 1. The van der Waals surface area contributed by atoms with Crippen molar-refractivity contribution in [3.63, 3.8) is 0 Å². The maximum absolute atomic E-state index is 13.1. The van der Waals surface area contributed by atoms with Gasteiger partial charge in [-0.1, -0.05) is 36.4 Å². The normalized spacial score (nSPS) is 22.8. The summed E-state index contributed by atoms with van der Waals surface area (Å²) in [6, 6.07) is 13.6. The van der Waals surface area contributed by atoms with Crippen LogP contribution in [0.5, 0.6) is 0 Å². The predicted molar refractivity (Wildman–Crippen MR) is 105 cm³/mol. The second-order valence-corrected chi connectivity index (χ2v) is 7.50. The number of nitrogens with one attached hydrogen (secondary N) is 1. The Labute approximate surface area is 164 Å². The summed E-state index contributed by atoms with van der Waals surface area (Å²) >= 11 is 0. The lowest BCUT2D eigenvalue weighted by atomic mass is 9.96. The van der Waals surface area contributed by atoms with Crippen molar-refractivity contribution < 1.29 is 19.2 Å². The molecule has 0 unspecified atom stereocenters. The molecule has 2 aliphatic heterocycles. The number of fused-ring (bicyclic) bond motifs is 1. The third-order valence-electron chi connectivity index (χ3n) is 5.53. The van der Waals surface area contributed by atoms with Crippen molar-refractivity contribution in [1.29, 1.82) is 0 Å². The van der Waals surface area contributed by atoms with Gasteiger partial charge in [-0.15, -0.1) is 0 Å². The quantitative estimate of drug-likeness (QED) is 0.824. The van der Waals surface area contributed by atoms with Crippen LogP contribution in [0.3, 0.4) is 0 Å². The molecular weight excluding hydrogens is 356 g/mol. The first-order chi connectivity index (χ1) is 13.7. The van der Waals surface area contributed by atoms with E-state index in [0.717, 1.165) is 42.9 Å². The van der Waals surface area contributed by atoms with Crippen LogP contribution in [0.4, 0.5) is 0 Å². The van der Waals surface area contributed by atoms with Crippen molar-refractivity contribution >= 4 is 22.6 Å². The first-order valence-electron chi connectivity index (χ1n) is 10.1. The lowest BCUT2D eigenvalue weighted by molar-refractivity contribution is -0.202. The highest BCUT2D eigenvalue weighted by molar-refractivity contribution is 6.07. The van der Waals surface area contributed by atoms with E-state index in [1.54, 1.807) is 4.90 Å². The van der Waals surface area contributed by atoms with E-state index < -0.39 is 0 Å². The molecule has 0 saturated carbocycles. The van der Waals surface area contributed by atoms with Gasteiger partial charge in [0.1, 0.15) is 0 Å². The summed E-state index contributed by atoms with van der Waals surface area (Å²) in [5.41, 5.74) is 3.24. The standard InChI is InChI=1S/C22H26N2O4/c25-21(23-28-20-12-3-4-14-27-20)17-9-6-13-24(15-17)22(26)19-11-5-8-16-7-1-2-10-18(16)19/h1-2,5,7-8,10-11,17,20H,3-4,6,9,12-15H2,(H,23,25)/t17-,20-/m0/s1. The van der Waals surface area contributed by atoms with Crippen LogP contribution >= 0.6 is 0 Å². The zero-order valence-electron chi connectivity index (χ0n) is 15.9. The molecule has 2 amide bonds. The van der Waals surface area contributed by atoms with Crippen LogP contribution < -0.4 is 5.48 Å². The first kappa shape index (κ1) is 18.9. The fourth-order valence-corrected chi connectivity index (χ4v) is 3.97. The molecule has 1 N–H and O–H groups in total. The van der Waals surface area contributed by atoms with Gasteiger partial charge in [-0.3, -0.25) is 9.59 Å². The van der Waals surface area contributed by atoms with Crippen molar-refractivity contribution in [2.75, 3.05) is 19.7 Å². The summed E-state index contributed by atoms with van der Waals surface area (Å²) in [6.45, 7) is 1.73. The number of hydrogen-bond donors (Lipinski definition) is 1. The summed E-state index contributed by atoms with van der Waals surface area (Å²) in [6.07, 6.45) is 4.04. The third kappa shape index (κ3) is 4.18. The summed E-state index contributed by atoms with van der Waals surface area (Å²) in [5, 5.41) is 1.99. The largest absolute Gasteiger partial charge is 0.350 e. The number of piperidine rings is 1. The van der Waals surface area contributed by atoms with E-state index in [4.69, 9.17) is 9.57 Å². The Morgan fingerprint density at radius 1 is 1.04 bits per heavy atom. The van der Waals surface area contributed by atoms with Crippen LogP contribution in [0, 0.1) is 5.92 Å². The van der Waals surface area contributed by atoms with E-state index in [1.807, 2.05) is 42.5 Å². The molecular formula is C22H26N2O4. The Morgan fingerprint density at radius 3 is 2.75 bits per heavy atom. The van der Waals surface area contributed by atoms with Gasteiger partial charge in [-0.2, -0.15) is 0 Å². The van der Waals surface area contributed by atoms with Crippen LogP contribution in [-0.2, 0) is 14.4 Å². The minimum absolute atomic E-state index is 0.0224. The van der Waals surface area contributed by atoms with E-state index in [9.17, 15) is 9.59 Å². The van der Waals surface area contributed by atoms with Gasteiger partial charge >= 0.3 is 0 Å². The molecule has 2 aliphatic rings. The Balaban J connectivity index is 1.40. The maximum Gasteiger partial charge on any atom is 0.254 e. The van der Waals surface area contributed by atoms with E-state index in [2.05, 4.69) is 5.48 Å². The fourth-order valence-electron chi connectivity index (χ4n) is 3.97. The molecule has 2 saturated heterocycles. The van der Waals surface area contributed by atoms with Gasteiger partial charge in [-0.25, -0.2) is 10.3 Å². The number of carbonyl (C=O) groups is 2. The lowest BCUT2D eigenvalue weighted by Crippen LogP contribution is -2.46. The molecule has 2 aromatic carbocycles. The minimum atomic E-state index is -0.366. The first-order valence-corrected chi connectivity index (χ1v) is 10.1. The van der Waals surface area contributed by atoms with Gasteiger partial charge < -0.3 is 9.64 Å². The molecule has 148 valence electrons. The van der Waals surface area contributed by atoms with Gasteiger partial charge in [0.2, 0.25) is 5.91 Å². The summed E-state index contributed by atoms with van der Waals surface area (Å²) < 4.78 is 5.47. The lowest BCUT2D eigenvalue weighted by Gasteiger charge is -2.32. The minimum Gasteiger partial charge on any atom is -0.350 e. The highest BCUT2D eigenvalue weighted by Gasteiger charge is 2.30. The number of hydroxylamine groups is 1. The van der Waals surface area contributed by atoms with Crippen molar-refractivity contribution in [1.82, 2.24) is 10.4 Å². The van der Waals surface area contributed by atoms with E-state index in [1.165, 1.54) is 0 Å². The van der Waals surface area contributed by atoms with Crippen LogP contribution in [0.1, 0.15) is 42.5 Å². The number of benzene rings is 2. The van der Waals surface area contributed by atoms with Crippen LogP contribution in [0.2, 0.25) is 0 Å². The molecule has 28 heavy (non-hydrogen) atoms. The molecule has 4 rings (SSSR count). The molecule has 0 spiro atoms. The molecule has 2 aromatic rings. The molecule has 2 atom stereocenters. The zero-order chi connectivity index (χ0) is 19.3. The number of nitrogens with zero attached hydrogens (tertiary/aromatic N) is 1. The molecule has 0 aliphatic carbocycles. The summed E-state index contributed by atoms with van der Waals surface area (Å²) in [7, 11) is 0. The maximum atomic E-state index is 13.1. The topological polar surface area (TPSA) is 67.9 Å². The SMILES string of the molecule is O=C(NO[C@H]1CCCCO1)[C@H]1CCCN(C(=O)c2cccc3ccccc23)C1. The van der Waals surface area contributed by atoms with Gasteiger partial charge in [-0.05, 0) is 42.5 Å². The Morgan fingerprint density at radius 2 is 1.89 bits per heavy atom. The molecule has 0 aromatic heterocycles. The molecule has 2 fully saturated rings. The van der Waals surface area contributed by atoms with E-state index >= 15 is 0 Å². The summed E-state index contributed by atoms with van der Waals surface area (Å²) in [4.78, 5) is 32.9. The van der Waals surface area contributed by atoms with Gasteiger partial charge in [0.25, 0.3) is 5.91 Å². The van der Waals surface area contributed by atoms with Crippen LogP contribution in [0.15, 0.2) is 42.5 Å².